The Hall–Kier alpha value is -2.05. The lowest BCUT2D eigenvalue weighted by Crippen LogP contribution is -2.39. The summed E-state index contributed by atoms with van der Waals surface area (Å²) in [5, 5.41) is 18.1. The molecule has 3 N–H and O–H groups in total. The molecule has 0 aromatic carbocycles. The highest BCUT2D eigenvalue weighted by molar-refractivity contribution is 5.88. The van der Waals surface area contributed by atoms with E-state index in [0.717, 1.165) is 12.1 Å². The largest absolute Gasteiger partial charge is 0.481 e. The molecule has 1 heterocycles. The first kappa shape index (κ1) is 15.0. The first-order valence-corrected chi connectivity index (χ1v) is 6.22. The highest BCUT2D eigenvalue weighted by Gasteiger charge is 2.15. The van der Waals surface area contributed by atoms with Crippen molar-refractivity contribution >= 4 is 17.8 Å². The molecular weight excluding hydrogens is 248 g/mol. The van der Waals surface area contributed by atoms with Crippen LogP contribution in [0.2, 0.25) is 0 Å². The van der Waals surface area contributed by atoms with Crippen molar-refractivity contribution in [3.8, 4) is 0 Å². The molecule has 0 saturated heterocycles. The monoisotopic (exact) mass is 268 g/mol. The molecule has 0 aliphatic rings. The zero-order valence-corrected chi connectivity index (χ0v) is 11.4. The number of rotatable bonds is 6. The van der Waals surface area contributed by atoms with Gasteiger partial charge in [0.25, 0.3) is 0 Å². The van der Waals surface area contributed by atoms with Crippen LogP contribution in [0.1, 0.15) is 31.9 Å². The summed E-state index contributed by atoms with van der Waals surface area (Å²) in [6.45, 7) is 3.82. The molecule has 0 fully saturated rings. The number of nitrogens with one attached hydrogen (secondary N) is 2. The molecule has 1 aromatic rings. The highest BCUT2D eigenvalue weighted by atomic mass is 16.4. The fraction of sp³-hybridized carbons (Fsp3) is 0.583. The number of aryl methyl sites for hydroxylation is 2. The van der Waals surface area contributed by atoms with Gasteiger partial charge in [-0.3, -0.25) is 14.8 Å². The molecule has 0 saturated carbocycles. The second-order valence-corrected chi connectivity index (χ2v) is 4.48. The summed E-state index contributed by atoms with van der Waals surface area (Å²) in [5.41, 5.74) is 0.922. The molecule has 0 spiro atoms. The van der Waals surface area contributed by atoms with Crippen LogP contribution in [0.5, 0.6) is 0 Å². The van der Waals surface area contributed by atoms with Gasteiger partial charge in [0, 0.05) is 24.8 Å². The van der Waals surface area contributed by atoms with Crippen LogP contribution in [-0.4, -0.2) is 32.9 Å². The molecule has 0 bridgehead atoms. The smallest absolute Gasteiger partial charge is 0.320 e. The fourth-order valence-corrected chi connectivity index (χ4v) is 1.74. The predicted molar refractivity (Wildman–Crippen MR) is 71.0 cm³/mol. The number of carbonyl (C=O) groups is 2. The van der Waals surface area contributed by atoms with Crippen LogP contribution in [0.25, 0.3) is 0 Å². The summed E-state index contributed by atoms with van der Waals surface area (Å²) >= 11 is 0. The number of amides is 2. The second-order valence-electron chi connectivity index (χ2n) is 4.48. The Morgan fingerprint density at radius 3 is 2.68 bits per heavy atom. The Morgan fingerprint density at radius 1 is 1.53 bits per heavy atom. The Balaban J connectivity index is 2.54. The first-order valence-electron chi connectivity index (χ1n) is 6.22. The Kier molecular flexibility index (Phi) is 5.35. The fourth-order valence-electron chi connectivity index (χ4n) is 1.74. The Labute approximate surface area is 112 Å². The zero-order valence-electron chi connectivity index (χ0n) is 11.4. The van der Waals surface area contributed by atoms with E-state index in [1.165, 1.54) is 0 Å². The van der Waals surface area contributed by atoms with Crippen molar-refractivity contribution in [2.24, 2.45) is 7.05 Å². The number of aromatic nitrogens is 2. The maximum atomic E-state index is 11.7. The normalized spacial score (nSPS) is 11.9. The number of anilines is 1. The molecule has 1 rings (SSSR count). The van der Waals surface area contributed by atoms with Gasteiger partial charge in [-0.2, -0.15) is 5.10 Å². The van der Waals surface area contributed by atoms with Gasteiger partial charge in [-0.15, -0.1) is 0 Å². The summed E-state index contributed by atoms with van der Waals surface area (Å²) in [4.78, 5) is 22.4. The minimum Gasteiger partial charge on any atom is -0.481 e. The third-order valence-corrected chi connectivity index (χ3v) is 2.75. The summed E-state index contributed by atoms with van der Waals surface area (Å²) in [6.07, 6.45) is 1.35. The van der Waals surface area contributed by atoms with E-state index < -0.39 is 12.0 Å². The summed E-state index contributed by atoms with van der Waals surface area (Å²) in [5.74, 6) is -0.476. The molecule has 1 unspecified atom stereocenters. The summed E-state index contributed by atoms with van der Waals surface area (Å²) in [6, 6.07) is 0.941. The van der Waals surface area contributed by atoms with Gasteiger partial charge in [-0.1, -0.05) is 13.3 Å². The van der Waals surface area contributed by atoms with Crippen molar-refractivity contribution in [3.63, 3.8) is 0 Å². The van der Waals surface area contributed by atoms with Crippen LogP contribution < -0.4 is 10.6 Å². The van der Waals surface area contributed by atoms with E-state index in [1.54, 1.807) is 17.8 Å². The van der Waals surface area contributed by atoms with Crippen LogP contribution >= 0.6 is 0 Å². The number of carboxylic acids is 1. The van der Waals surface area contributed by atoms with Gasteiger partial charge < -0.3 is 10.4 Å². The number of carbonyl (C=O) groups excluding carboxylic acids is 1. The molecule has 0 aliphatic heterocycles. The second kappa shape index (κ2) is 6.77. The van der Waals surface area contributed by atoms with E-state index in [9.17, 15) is 9.59 Å². The molecule has 1 aromatic heterocycles. The Morgan fingerprint density at radius 2 is 2.21 bits per heavy atom. The Bertz CT molecular complexity index is 436. The molecule has 0 radical (unpaired) electrons. The zero-order chi connectivity index (χ0) is 14.4. The van der Waals surface area contributed by atoms with Gasteiger partial charge >= 0.3 is 12.0 Å². The predicted octanol–water partition coefficient (Wildman–Crippen LogP) is 1.49. The first-order chi connectivity index (χ1) is 8.92. The molecule has 7 nitrogen and oxygen atoms in total. The van der Waals surface area contributed by atoms with Gasteiger partial charge in [0.1, 0.15) is 0 Å². The van der Waals surface area contributed by atoms with Crippen molar-refractivity contribution in [2.75, 3.05) is 5.32 Å². The van der Waals surface area contributed by atoms with E-state index in [-0.39, 0.29) is 12.5 Å². The van der Waals surface area contributed by atoms with Gasteiger partial charge in [0.2, 0.25) is 0 Å². The molecule has 19 heavy (non-hydrogen) atoms. The molecular formula is C12H20N4O3. The highest BCUT2D eigenvalue weighted by Crippen LogP contribution is 2.07. The number of carboxylic acid groups (broad SMARTS) is 1. The third-order valence-electron chi connectivity index (χ3n) is 2.75. The number of urea groups is 1. The molecule has 0 aliphatic carbocycles. The van der Waals surface area contributed by atoms with Crippen LogP contribution in [0.15, 0.2) is 6.07 Å². The van der Waals surface area contributed by atoms with Crippen molar-refractivity contribution < 1.29 is 14.7 Å². The molecule has 106 valence electrons. The average Bonchev–Trinajstić information content (AvgIpc) is 2.56. The average molecular weight is 268 g/mol. The number of aliphatic carboxylic acids is 1. The third kappa shape index (κ3) is 4.99. The van der Waals surface area contributed by atoms with E-state index >= 15 is 0 Å². The van der Waals surface area contributed by atoms with Gasteiger partial charge in [0.15, 0.2) is 5.82 Å². The van der Waals surface area contributed by atoms with Crippen molar-refractivity contribution in [2.45, 2.75) is 39.2 Å². The van der Waals surface area contributed by atoms with Crippen molar-refractivity contribution in [1.82, 2.24) is 15.1 Å². The standard InChI is InChI=1S/C12H20N4O3/c1-4-5-9(7-11(17)18)13-12(19)14-10-6-8(2)16(3)15-10/h6,9H,4-5,7H2,1-3H3,(H,17,18)(H2,13,14,15,19). The lowest BCUT2D eigenvalue weighted by atomic mass is 10.1. The summed E-state index contributed by atoms with van der Waals surface area (Å²) < 4.78 is 1.65. The van der Waals surface area contributed by atoms with Crippen molar-refractivity contribution in [3.05, 3.63) is 11.8 Å². The minimum absolute atomic E-state index is 0.0808. The van der Waals surface area contributed by atoms with Gasteiger partial charge in [-0.25, -0.2) is 4.79 Å². The van der Waals surface area contributed by atoms with Gasteiger partial charge in [-0.05, 0) is 13.3 Å². The molecule has 1 atom stereocenters. The van der Waals surface area contributed by atoms with Crippen LogP contribution in [-0.2, 0) is 11.8 Å². The SMILES string of the molecule is CCCC(CC(=O)O)NC(=O)Nc1cc(C)n(C)n1. The topological polar surface area (TPSA) is 96.3 Å². The van der Waals surface area contributed by atoms with E-state index in [0.29, 0.717) is 12.2 Å². The maximum absolute atomic E-state index is 11.7. The summed E-state index contributed by atoms with van der Waals surface area (Å²) in [7, 11) is 1.78. The van der Waals surface area contributed by atoms with Crippen LogP contribution in [0.4, 0.5) is 10.6 Å². The van der Waals surface area contributed by atoms with E-state index in [1.807, 2.05) is 13.8 Å². The van der Waals surface area contributed by atoms with Crippen molar-refractivity contribution in [1.29, 1.82) is 0 Å². The lowest BCUT2D eigenvalue weighted by Gasteiger charge is -2.15. The number of hydrogen-bond acceptors (Lipinski definition) is 3. The number of nitrogens with zero attached hydrogens (tertiary/aromatic N) is 2. The lowest BCUT2D eigenvalue weighted by molar-refractivity contribution is -0.137. The minimum atomic E-state index is -0.924. The van der Waals surface area contributed by atoms with E-state index in [2.05, 4.69) is 15.7 Å². The van der Waals surface area contributed by atoms with Gasteiger partial charge in [0.05, 0.1) is 6.42 Å². The maximum Gasteiger partial charge on any atom is 0.320 e. The quantitative estimate of drug-likeness (QED) is 0.728. The molecule has 7 heteroatoms. The van der Waals surface area contributed by atoms with E-state index in [4.69, 9.17) is 5.11 Å². The van der Waals surface area contributed by atoms with Crippen LogP contribution in [0, 0.1) is 6.92 Å². The van der Waals surface area contributed by atoms with Crippen LogP contribution in [0.3, 0.4) is 0 Å². The number of hydrogen-bond donors (Lipinski definition) is 3. The molecule has 2 amide bonds.